The Balaban J connectivity index is 2.71. The minimum atomic E-state index is -0.343. The standard InChI is InChI=1S/C6H11N5/c1-4-3-5(2)9-6(8-4)10-11-7/h3,6,8H,1-2H3,(H2,7,10). The smallest absolute Gasteiger partial charge is 0.235 e. The van der Waals surface area contributed by atoms with Crippen LogP contribution >= 0.6 is 0 Å². The molecule has 0 amide bonds. The second kappa shape index (κ2) is 3.14. The van der Waals surface area contributed by atoms with Crippen molar-refractivity contribution in [1.29, 1.82) is 0 Å². The Morgan fingerprint density at radius 1 is 1.64 bits per heavy atom. The summed E-state index contributed by atoms with van der Waals surface area (Å²) in [4.78, 5) is 4.11. The molecule has 0 aromatic rings. The molecule has 1 aliphatic rings. The van der Waals surface area contributed by atoms with E-state index in [9.17, 15) is 0 Å². The van der Waals surface area contributed by atoms with Crippen molar-refractivity contribution < 1.29 is 0 Å². The summed E-state index contributed by atoms with van der Waals surface area (Å²) in [6.45, 7) is 3.85. The van der Waals surface area contributed by atoms with Crippen LogP contribution in [0.2, 0.25) is 0 Å². The highest BCUT2D eigenvalue weighted by Crippen LogP contribution is 2.03. The molecule has 0 aromatic heterocycles. The van der Waals surface area contributed by atoms with Crippen LogP contribution in [0.15, 0.2) is 27.1 Å². The minimum absolute atomic E-state index is 0.343. The number of allylic oxidation sites excluding steroid dienone is 2. The summed E-state index contributed by atoms with van der Waals surface area (Å²) in [5, 5.41) is 9.79. The van der Waals surface area contributed by atoms with Crippen LogP contribution in [-0.4, -0.2) is 12.0 Å². The Bertz CT molecular complexity index is 227. The van der Waals surface area contributed by atoms with Gasteiger partial charge in [0.15, 0.2) is 0 Å². The first-order chi connectivity index (χ1) is 5.22. The fraction of sp³-hybridized carbons (Fsp3) is 0.500. The van der Waals surface area contributed by atoms with Crippen molar-refractivity contribution in [3.05, 3.63) is 11.8 Å². The monoisotopic (exact) mass is 153 g/mol. The Hall–Kier alpha value is -1.39. The molecule has 3 N–H and O–H groups in total. The zero-order valence-electron chi connectivity index (χ0n) is 6.57. The molecule has 1 aliphatic heterocycles. The maximum atomic E-state index is 4.88. The first kappa shape index (κ1) is 7.71. The molecule has 5 nitrogen and oxygen atoms in total. The van der Waals surface area contributed by atoms with Crippen LogP contribution in [0.3, 0.4) is 0 Å². The molecule has 60 valence electrons. The van der Waals surface area contributed by atoms with Crippen molar-refractivity contribution >= 4 is 5.71 Å². The van der Waals surface area contributed by atoms with Gasteiger partial charge in [-0.1, -0.05) is 5.22 Å². The van der Waals surface area contributed by atoms with E-state index in [0.29, 0.717) is 0 Å². The van der Waals surface area contributed by atoms with Crippen molar-refractivity contribution in [3.63, 3.8) is 0 Å². The van der Waals surface area contributed by atoms with E-state index in [1.807, 2.05) is 19.9 Å². The van der Waals surface area contributed by atoms with Gasteiger partial charge in [0.2, 0.25) is 6.29 Å². The van der Waals surface area contributed by atoms with Gasteiger partial charge in [-0.25, -0.2) is 4.99 Å². The first-order valence-corrected chi connectivity index (χ1v) is 3.31. The number of nitrogens with one attached hydrogen (secondary N) is 1. The first-order valence-electron chi connectivity index (χ1n) is 3.31. The lowest BCUT2D eigenvalue weighted by molar-refractivity contribution is 0.574. The van der Waals surface area contributed by atoms with E-state index in [0.717, 1.165) is 11.4 Å². The second-order valence-electron chi connectivity index (χ2n) is 2.35. The molecule has 1 unspecified atom stereocenters. The second-order valence-corrected chi connectivity index (χ2v) is 2.35. The van der Waals surface area contributed by atoms with E-state index in [-0.39, 0.29) is 6.29 Å². The van der Waals surface area contributed by atoms with Crippen molar-refractivity contribution in [2.45, 2.75) is 20.1 Å². The minimum Gasteiger partial charge on any atom is -0.348 e. The predicted octanol–water partition coefficient (Wildman–Crippen LogP) is 0.564. The summed E-state index contributed by atoms with van der Waals surface area (Å²) in [6.07, 6.45) is 1.59. The Morgan fingerprint density at radius 2 is 2.36 bits per heavy atom. The van der Waals surface area contributed by atoms with E-state index in [1.165, 1.54) is 0 Å². The number of nitrogens with zero attached hydrogens (tertiary/aromatic N) is 3. The summed E-state index contributed by atoms with van der Waals surface area (Å²) >= 11 is 0. The van der Waals surface area contributed by atoms with E-state index in [2.05, 4.69) is 20.6 Å². The van der Waals surface area contributed by atoms with E-state index >= 15 is 0 Å². The van der Waals surface area contributed by atoms with Gasteiger partial charge in [-0.2, -0.15) is 0 Å². The molecule has 1 heterocycles. The lowest BCUT2D eigenvalue weighted by Gasteiger charge is -2.15. The molecule has 0 bridgehead atoms. The summed E-state index contributed by atoms with van der Waals surface area (Å²) < 4.78 is 0. The number of hydrogen-bond acceptors (Lipinski definition) is 4. The fourth-order valence-electron chi connectivity index (χ4n) is 0.939. The molecule has 1 atom stereocenters. The Kier molecular flexibility index (Phi) is 2.20. The number of nitrogens with two attached hydrogens (primary N) is 1. The molecular formula is C6H11N5. The molecule has 0 fully saturated rings. The zero-order valence-corrected chi connectivity index (χ0v) is 6.57. The molecular weight excluding hydrogens is 142 g/mol. The van der Waals surface area contributed by atoms with Gasteiger partial charge in [0.25, 0.3) is 0 Å². The third-order valence-corrected chi connectivity index (χ3v) is 1.28. The van der Waals surface area contributed by atoms with Crippen molar-refractivity contribution in [2.75, 3.05) is 0 Å². The van der Waals surface area contributed by atoms with Crippen LogP contribution in [0.1, 0.15) is 13.8 Å². The van der Waals surface area contributed by atoms with Crippen molar-refractivity contribution in [2.24, 2.45) is 21.2 Å². The van der Waals surface area contributed by atoms with Crippen LogP contribution in [0, 0.1) is 0 Å². The quantitative estimate of drug-likeness (QED) is 0.328. The molecule has 5 heteroatoms. The maximum Gasteiger partial charge on any atom is 0.235 e. The Labute approximate surface area is 65.1 Å². The molecule has 0 aliphatic carbocycles. The average molecular weight is 153 g/mol. The lowest BCUT2D eigenvalue weighted by Crippen LogP contribution is -2.28. The van der Waals surface area contributed by atoms with Gasteiger partial charge in [0.1, 0.15) is 0 Å². The lowest BCUT2D eigenvalue weighted by atomic mass is 10.3. The SMILES string of the molecule is CC1=CC(C)=NC(N=NN)N1. The molecule has 0 saturated carbocycles. The van der Waals surface area contributed by atoms with Crippen LogP contribution in [0.4, 0.5) is 0 Å². The predicted molar refractivity (Wildman–Crippen MR) is 42.8 cm³/mol. The van der Waals surface area contributed by atoms with Crippen LogP contribution in [-0.2, 0) is 0 Å². The topological polar surface area (TPSA) is 75.1 Å². The van der Waals surface area contributed by atoms with E-state index in [1.54, 1.807) is 0 Å². The summed E-state index contributed by atoms with van der Waals surface area (Å²) in [7, 11) is 0. The summed E-state index contributed by atoms with van der Waals surface area (Å²) in [5.74, 6) is 4.88. The van der Waals surface area contributed by atoms with Crippen molar-refractivity contribution in [1.82, 2.24) is 5.32 Å². The number of aliphatic imine (C=N–C) groups is 1. The highest BCUT2D eigenvalue weighted by atomic mass is 15.4. The van der Waals surface area contributed by atoms with Gasteiger partial charge in [-0.15, -0.1) is 5.11 Å². The van der Waals surface area contributed by atoms with E-state index in [4.69, 9.17) is 5.84 Å². The fourth-order valence-corrected chi connectivity index (χ4v) is 0.939. The van der Waals surface area contributed by atoms with Crippen LogP contribution < -0.4 is 11.2 Å². The van der Waals surface area contributed by atoms with Gasteiger partial charge in [0, 0.05) is 11.4 Å². The van der Waals surface area contributed by atoms with Gasteiger partial charge in [-0.3, -0.25) is 0 Å². The van der Waals surface area contributed by atoms with Crippen LogP contribution in [0.25, 0.3) is 0 Å². The van der Waals surface area contributed by atoms with E-state index < -0.39 is 0 Å². The number of hydrogen-bond donors (Lipinski definition) is 2. The summed E-state index contributed by atoms with van der Waals surface area (Å²) in [6, 6.07) is 0. The third kappa shape index (κ3) is 2.03. The zero-order chi connectivity index (χ0) is 8.27. The Morgan fingerprint density at radius 3 is 2.91 bits per heavy atom. The van der Waals surface area contributed by atoms with Gasteiger partial charge < -0.3 is 11.2 Å². The highest BCUT2D eigenvalue weighted by molar-refractivity contribution is 5.93. The molecule has 1 rings (SSSR count). The van der Waals surface area contributed by atoms with Gasteiger partial charge >= 0.3 is 0 Å². The van der Waals surface area contributed by atoms with Crippen molar-refractivity contribution in [3.8, 4) is 0 Å². The van der Waals surface area contributed by atoms with Gasteiger partial charge in [-0.05, 0) is 19.9 Å². The average Bonchev–Trinajstić information content (AvgIpc) is 1.85. The molecule has 11 heavy (non-hydrogen) atoms. The number of rotatable bonds is 1. The molecule has 0 radical (unpaired) electrons. The largest absolute Gasteiger partial charge is 0.348 e. The molecule has 0 spiro atoms. The normalized spacial score (nSPS) is 24.4. The maximum absolute atomic E-state index is 4.88. The van der Waals surface area contributed by atoms with Gasteiger partial charge in [0.05, 0.1) is 0 Å². The third-order valence-electron chi connectivity index (χ3n) is 1.28. The summed E-state index contributed by atoms with van der Waals surface area (Å²) in [5.41, 5.74) is 1.95. The molecule has 0 aromatic carbocycles. The highest BCUT2D eigenvalue weighted by Gasteiger charge is 2.08. The van der Waals surface area contributed by atoms with Crippen LogP contribution in [0.5, 0.6) is 0 Å². The molecule has 0 saturated heterocycles.